The molecular formula is C26H31ClN6O3S. The van der Waals surface area contributed by atoms with Crippen molar-refractivity contribution in [2.24, 2.45) is 0 Å². The van der Waals surface area contributed by atoms with Crippen molar-refractivity contribution in [1.29, 1.82) is 0 Å². The van der Waals surface area contributed by atoms with Crippen LogP contribution in [0.3, 0.4) is 0 Å². The monoisotopic (exact) mass is 542 g/mol. The lowest BCUT2D eigenvalue weighted by Gasteiger charge is -2.29. The molecule has 0 fully saturated rings. The second kappa shape index (κ2) is 13.8. The average Bonchev–Trinajstić information content (AvgIpc) is 3.37. The van der Waals surface area contributed by atoms with Gasteiger partial charge in [0.05, 0.1) is 12.6 Å². The van der Waals surface area contributed by atoms with Crippen LogP contribution in [0.1, 0.15) is 38.3 Å². The fourth-order valence-corrected chi connectivity index (χ4v) is 4.43. The molecule has 2 atom stereocenters. The van der Waals surface area contributed by atoms with Gasteiger partial charge >= 0.3 is 0 Å². The number of nitrogens with zero attached hydrogens (tertiary/aromatic N) is 3. The summed E-state index contributed by atoms with van der Waals surface area (Å²) in [6.45, 7) is 3.83. The molecule has 3 aromatic rings. The van der Waals surface area contributed by atoms with E-state index < -0.39 is 18.0 Å². The van der Waals surface area contributed by atoms with E-state index in [4.69, 9.17) is 11.6 Å². The van der Waals surface area contributed by atoms with Crippen LogP contribution in [0.15, 0.2) is 54.6 Å². The fourth-order valence-electron chi connectivity index (χ4n) is 3.58. The van der Waals surface area contributed by atoms with E-state index >= 15 is 0 Å². The summed E-state index contributed by atoms with van der Waals surface area (Å²) in [4.78, 5) is 41.1. The number of carbonyl (C=O) groups excluding carboxylic acids is 3. The number of aromatic nitrogens is 2. The Morgan fingerprint density at radius 1 is 1.08 bits per heavy atom. The van der Waals surface area contributed by atoms with Gasteiger partial charge in [-0.25, -0.2) is 0 Å². The topological polar surface area (TPSA) is 116 Å². The first-order valence-electron chi connectivity index (χ1n) is 12.0. The molecule has 0 radical (unpaired) electrons. The number of nitrogens with one attached hydrogen (secondary N) is 3. The minimum atomic E-state index is -1.05. The van der Waals surface area contributed by atoms with Crippen molar-refractivity contribution in [3.8, 4) is 11.3 Å². The second-order valence-electron chi connectivity index (χ2n) is 8.45. The number of hydrogen-bond donors (Lipinski definition) is 3. The smallest absolute Gasteiger partial charge is 0.250 e. The van der Waals surface area contributed by atoms with Crippen molar-refractivity contribution >= 4 is 45.9 Å². The predicted molar refractivity (Wildman–Crippen MR) is 146 cm³/mol. The average molecular weight is 543 g/mol. The summed E-state index contributed by atoms with van der Waals surface area (Å²) >= 11 is 7.48. The van der Waals surface area contributed by atoms with Gasteiger partial charge in [-0.2, -0.15) is 0 Å². The molecule has 0 spiro atoms. The lowest BCUT2D eigenvalue weighted by Crippen LogP contribution is -2.49. The van der Waals surface area contributed by atoms with E-state index in [1.54, 1.807) is 38.2 Å². The zero-order valence-electron chi connectivity index (χ0n) is 21.0. The molecule has 0 aliphatic carbocycles. The summed E-state index contributed by atoms with van der Waals surface area (Å²) in [5.74, 6) is -1.16. The Morgan fingerprint density at radius 2 is 1.78 bits per heavy atom. The van der Waals surface area contributed by atoms with Gasteiger partial charge in [0.15, 0.2) is 0 Å². The molecule has 0 aliphatic rings. The van der Waals surface area contributed by atoms with Crippen LogP contribution in [0, 0.1) is 0 Å². The SMILES string of the molecule is CCCCN(CC(=O)Nc1snnc1-c1ccccc1)C(=O)[C@@H](NC(=O)[C@H](C)NC)c1ccccc1Cl. The predicted octanol–water partition coefficient (Wildman–Crippen LogP) is 3.89. The van der Waals surface area contributed by atoms with Crippen LogP contribution in [0.4, 0.5) is 5.00 Å². The zero-order valence-corrected chi connectivity index (χ0v) is 22.6. The maximum Gasteiger partial charge on any atom is 0.250 e. The van der Waals surface area contributed by atoms with Crippen LogP contribution >= 0.6 is 23.1 Å². The number of halogens is 1. The van der Waals surface area contributed by atoms with Crippen molar-refractivity contribution in [2.75, 3.05) is 25.5 Å². The number of anilines is 1. The van der Waals surface area contributed by atoms with E-state index in [-0.39, 0.29) is 18.4 Å². The molecule has 37 heavy (non-hydrogen) atoms. The standard InChI is InChI=1S/C26H31ClN6O3S/c1-4-5-15-33(16-21(34)29-25-22(31-32-37-25)18-11-7-6-8-12-18)26(36)23(30-24(35)17(2)28-3)19-13-9-10-14-20(19)27/h6-14,17,23,28H,4-5,15-16H2,1-3H3,(H,29,34)(H,30,35)/t17-,23-/m0/s1. The van der Waals surface area contributed by atoms with Crippen LogP contribution in [-0.2, 0) is 14.4 Å². The van der Waals surface area contributed by atoms with Gasteiger partial charge in [-0.3, -0.25) is 14.4 Å². The van der Waals surface area contributed by atoms with Crippen molar-refractivity contribution in [2.45, 2.75) is 38.8 Å². The molecule has 0 saturated carbocycles. The fraction of sp³-hybridized carbons (Fsp3) is 0.346. The maximum absolute atomic E-state index is 13.8. The van der Waals surface area contributed by atoms with Crippen LogP contribution in [0.25, 0.3) is 11.3 Å². The number of hydrogen-bond acceptors (Lipinski definition) is 7. The lowest BCUT2D eigenvalue weighted by atomic mass is 10.0. The molecule has 3 amide bonds. The van der Waals surface area contributed by atoms with Crippen molar-refractivity contribution in [3.05, 3.63) is 65.2 Å². The van der Waals surface area contributed by atoms with E-state index in [1.807, 2.05) is 37.3 Å². The molecule has 0 unspecified atom stereocenters. The number of rotatable bonds is 12. The van der Waals surface area contributed by atoms with Crippen LogP contribution in [0.2, 0.25) is 5.02 Å². The van der Waals surface area contributed by atoms with Gasteiger partial charge in [0.1, 0.15) is 16.7 Å². The van der Waals surface area contributed by atoms with Crippen LogP contribution in [0.5, 0.6) is 0 Å². The highest BCUT2D eigenvalue weighted by Crippen LogP contribution is 2.29. The normalized spacial score (nSPS) is 12.4. The molecule has 0 bridgehead atoms. The largest absolute Gasteiger partial charge is 0.339 e. The number of unbranched alkanes of at least 4 members (excludes halogenated alkanes) is 1. The highest BCUT2D eigenvalue weighted by atomic mass is 35.5. The molecule has 2 aromatic carbocycles. The van der Waals surface area contributed by atoms with E-state index in [1.165, 1.54) is 4.90 Å². The Hall–Kier alpha value is -3.34. The summed E-state index contributed by atoms with van der Waals surface area (Å²) in [7, 11) is 1.66. The number of likely N-dealkylation sites (N-methyl/N-ethyl adjacent to an activating group) is 1. The summed E-state index contributed by atoms with van der Waals surface area (Å²) in [6, 6.07) is 14.7. The van der Waals surface area contributed by atoms with Crippen molar-refractivity contribution in [1.82, 2.24) is 25.1 Å². The quantitative estimate of drug-likeness (QED) is 0.320. The second-order valence-corrected chi connectivity index (χ2v) is 9.61. The molecule has 0 aliphatic heterocycles. The molecule has 11 heteroatoms. The summed E-state index contributed by atoms with van der Waals surface area (Å²) in [6.07, 6.45) is 1.51. The van der Waals surface area contributed by atoms with Gasteiger partial charge in [-0.05, 0) is 26.5 Å². The third kappa shape index (κ3) is 7.58. The third-order valence-electron chi connectivity index (χ3n) is 5.79. The molecular weight excluding hydrogens is 512 g/mol. The highest BCUT2D eigenvalue weighted by Gasteiger charge is 2.31. The Bertz CT molecular complexity index is 1210. The molecule has 1 heterocycles. The summed E-state index contributed by atoms with van der Waals surface area (Å²) in [5.41, 5.74) is 1.85. The number of carbonyl (C=O) groups is 3. The highest BCUT2D eigenvalue weighted by molar-refractivity contribution is 7.10. The number of amides is 3. The first-order chi connectivity index (χ1) is 17.8. The zero-order chi connectivity index (χ0) is 26.8. The minimum absolute atomic E-state index is 0.205. The molecule has 0 saturated heterocycles. The van der Waals surface area contributed by atoms with Crippen molar-refractivity contribution < 1.29 is 14.4 Å². The van der Waals surface area contributed by atoms with Gasteiger partial charge in [0.25, 0.3) is 0 Å². The minimum Gasteiger partial charge on any atom is -0.339 e. The van der Waals surface area contributed by atoms with Gasteiger partial charge in [-0.1, -0.05) is 78.0 Å². The first kappa shape index (κ1) is 28.2. The third-order valence-corrected chi connectivity index (χ3v) is 6.78. The Balaban J connectivity index is 1.83. The van der Waals surface area contributed by atoms with Gasteiger partial charge < -0.3 is 20.9 Å². The Labute approximate surface area is 225 Å². The lowest BCUT2D eigenvalue weighted by molar-refractivity contribution is -0.139. The van der Waals surface area contributed by atoms with Gasteiger partial charge in [0.2, 0.25) is 17.7 Å². The van der Waals surface area contributed by atoms with E-state index in [2.05, 4.69) is 25.5 Å². The first-order valence-corrected chi connectivity index (χ1v) is 13.2. The summed E-state index contributed by atoms with van der Waals surface area (Å²) in [5, 5.41) is 13.5. The van der Waals surface area contributed by atoms with E-state index in [9.17, 15) is 14.4 Å². The Morgan fingerprint density at radius 3 is 2.46 bits per heavy atom. The Kier molecular flexibility index (Phi) is 10.6. The maximum atomic E-state index is 13.8. The molecule has 196 valence electrons. The molecule has 9 nitrogen and oxygen atoms in total. The van der Waals surface area contributed by atoms with Crippen molar-refractivity contribution in [3.63, 3.8) is 0 Å². The number of benzene rings is 2. The van der Waals surface area contributed by atoms with Gasteiger partial charge in [-0.15, -0.1) is 5.10 Å². The van der Waals surface area contributed by atoms with E-state index in [0.29, 0.717) is 34.2 Å². The molecule has 3 rings (SSSR count). The molecule has 3 N–H and O–H groups in total. The molecule has 1 aromatic heterocycles. The van der Waals surface area contributed by atoms with E-state index in [0.717, 1.165) is 23.5 Å². The summed E-state index contributed by atoms with van der Waals surface area (Å²) < 4.78 is 3.98. The van der Waals surface area contributed by atoms with Crippen LogP contribution in [-0.4, -0.2) is 58.4 Å². The van der Waals surface area contributed by atoms with Crippen LogP contribution < -0.4 is 16.0 Å². The van der Waals surface area contributed by atoms with Gasteiger partial charge in [0, 0.05) is 34.2 Å².